The lowest BCUT2D eigenvalue weighted by Crippen LogP contribution is -2.21. The minimum atomic E-state index is 0.0139. The molecule has 0 radical (unpaired) electrons. The van der Waals surface area contributed by atoms with Gasteiger partial charge in [-0.3, -0.25) is 4.79 Å². The fourth-order valence-corrected chi connectivity index (χ4v) is 0.714. The van der Waals surface area contributed by atoms with Crippen molar-refractivity contribution in [1.29, 1.82) is 0 Å². The van der Waals surface area contributed by atoms with Gasteiger partial charge in [-0.2, -0.15) is 0 Å². The van der Waals surface area contributed by atoms with E-state index in [9.17, 15) is 4.79 Å². The molecule has 0 aromatic heterocycles. The Balaban J connectivity index is 2.26. The predicted octanol–water partition coefficient (Wildman–Crippen LogP) is -0.0683. The third-order valence-corrected chi connectivity index (χ3v) is 1.30. The van der Waals surface area contributed by atoms with Gasteiger partial charge in [0.2, 0.25) is 0 Å². The van der Waals surface area contributed by atoms with Crippen molar-refractivity contribution in [3.05, 3.63) is 0 Å². The van der Waals surface area contributed by atoms with E-state index >= 15 is 0 Å². The first-order valence-corrected chi connectivity index (χ1v) is 2.08. The number of fused-ring (bicyclic) bond motifs is 1. The maximum atomic E-state index is 10.0. The molecule has 1 saturated carbocycles. The van der Waals surface area contributed by atoms with Gasteiger partial charge in [-0.1, -0.05) is 0 Å². The van der Waals surface area contributed by atoms with Gasteiger partial charge in [-0.05, 0) is 0 Å². The lowest BCUT2D eigenvalue weighted by Gasteiger charge is -2.08. The molecule has 2 fully saturated rings. The van der Waals surface area contributed by atoms with Crippen LogP contribution in [0.1, 0.15) is 6.42 Å². The van der Waals surface area contributed by atoms with Gasteiger partial charge in [-0.15, -0.1) is 0 Å². The Morgan fingerprint density at radius 2 is 2.67 bits per heavy atom. The molecule has 1 aliphatic carbocycles. The molecule has 2 heteroatoms. The third-order valence-electron chi connectivity index (χ3n) is 1.30. The van der Waals surface area contributed by atoms with Gasteiger partial charge in [0.1, 0.15) is 6.10 Å². The van der Waals surface area contributed by atoms with Crippen LogP contribution >= 0.6 is 0 Å². The van der Waals surface area contributed by atoms with E-state index in [1.807, 2.05) is 0 Å². The molecule has 2 rings (SSSR count). The maximum absolute atomic E-state index is 10.0. The van der Waals surface area contributed by atoms with Crippen molar-refractivity contribution >= 4 is 5.97 Å². The smallest absolute Gasteiger partial charge is 0.313 e. The van der Waals surface area contributed by atoms with Crippen LogP contribution in [0.15, 0.2) is 0 Å². The van der Waals surface area contributed by atoms with Crippen molar-refractivity contribution in [2.45, 2.75) is 12.5 Å². The number of hydrogen-bond donors (Lipinski definition) is 0. The molecular weight excluding hydrogens is 80.0 g/mol. The van der Waals surface area contributed by atoms with E-state index in [4.69, 9.17) is 0 Å². The highest BCUT2D eigenvalue weighted by Crippen LogP contribution is 2.44. The highest BCUT2D eigenvalue weighted by molar-refractivity contribution is 5.83. The van der Waals surface area contributed by atoms with Crippen LogP contribution in [0, 0.1) is 5.92 Å². The summed E-state index contributed by atoms with van der Waals surface area (Å²) >= 11 is 0. The Labute approximate surface area is 35.1 Å². The Morgan fingerprint density at radius 1 is 1.83 bits per heavy atom. The Hall–Kier alpha value is -0.530. The van der Waals surface area contributed by atoms with Crippen LogP contribution in [0.25, 0.3) is 0 Å². The van der Waals surface area contributed by atoms with E-state index < -0.39 is 0 Å². The molecule has 1 saturated heterocycles. The van der Waals surface area contributed by atoms with Crippen LogP contribution in [-0.4, -0.2) is 12.1 Å². The molecule has 0 aromatic carbocycles. The maximum Gasteiger partial charge on any atom is 0.313 e. The minimum Gasteiger partial charge on any atom is -0.461 e. The van der Waals surface area contributed by atoms with E-state index in [1.54, 1.807) is 0 Å². The summed E-state index contributed by atoms with van der Waals surface area (Å²) in [6, 6.07) is 0. The molecule has 0 spiro atoms. The molecule has 0 amide bonds. The zero-order valence-corrected chi connectivity index (χ0v) is 3.18. The highest BCUT2D eigenvalue weighted by atomic mass is 16.6. The van der Waals surface area contributed by atoms with E-state index in [1.165, 1.54) is 0 Å². The second kappa shape index (κ2) is 0.491. The van der Waals surface area contributed by atoms with Gasteiger partial charge in [0, 0.05) is 6.42 Å². The molecule has 1 aliphatic heterocycles. The van der Waals surface area contributed by atoms with Crippen molar-refractivity contribution in [3.8, 4) is 0 Å². The first-order chi connectivity index (χ1) is 2.88. The van der Waals surface area contributed by atoms with Crippen LogP contribution in [0.2, 0.25) is 0 Å². The van der Waals surface area contributed by atoms with E-state index in [2.05, 4.69) is 4.74 Å². The lowest BCUT2D eigenvalue weighted by molar-refractivity contribution is -0.158. The van der Waals surface area contributed by atoms with Gasteiger partial charge in [0.15, 0.2) is 0 Å². The number of rotatable bonds is 0. The van der Waals surface area contributed by atoms with Gasteiger partial charge >= 0.3 is 5.97 Å². The largest absolute Gasteiger partial charge is 0.461 e. The summed E-state index contributed by atoms with van der Waals surface area (Å²) in [6.45, 7) is 0. The van der Waals surface area contributed by atoms with Gasteiger partial charge in [0.25, 0.3) is 0 Å². The zero-order chi connectivity index (χ0) is 4.15. The average Bonchev–Trinajstić information content (AvgIpc) is 2.12. The van der Waals surface area contributed by atoms with Gasteiger partial charge in [0.05, 0.1) is 5.92 Å². The molecule has 0 bridgehead atoms. The predicted molar refractivity (Wildman–Crippen MR) is 18.0 cm³/mol. The summed E-state index contributed by atoms with van der Waals surface area (Å²) in [5, 5.41) is 0. The van der Waals surface area contributed by atoms with Crippen molar-refractivity contribution < 1.29 is 9.53 Å². The van der Waals surface area contributed by atoms with Crippen LogP contribution in [-0.2, 0) is 9.53 Å². The molecule has 0 aromatic rings. The molecule has 2 atom stereocenters. The Morgan fingerprint density at radius 3 is 2.67 bits per heavy atom. The summed E-state index contributed by atoms with van der Waals surface area (Å²) in [6.07, 6.45) is 1.36. The highest BCUT2D eigenvalue weighted by Gasteiger charge is 2.56. The number of ether oxygens (including phenoxy) is 1. The molecule has 0 unspecified atom stereocenters. The monoisotopic (exact) mass is 84.0 g/mol. The first kappa shape index (κ1) is 2.61. The second-order valence-corrected chi connectivity index (χ2v) is 1.82. The van der Waals surface area contributed by atoms with Crippen LogP contribution < -0.4 is 0 Å². The van der Waals surface area contributed by atoms with E-state index in [0.717, 1.165) is 6.42 Å². The minimum absolute atomic E-state index is 0.0139. The number of carbonyl (C=O) groups excluding carboxylic acids is 1. The third kappa shape index (κ3) is 0.117. The van der Waals surface area contributed by atoms with Crippen LogP contribution in [0.4, 0.5) is 0 Å². The molecular formula is C4H4O2. The Bertz CT molecular complexity index is 108. The summed E-state index contributed by atoms with van der Waals surface area (Å²) in [5.74, 6) is 0.352. The summed E-state index contributed by atoms with van der Waals surface area (Å²) in [7, 11) is 0. The molecule has 32 valence electrons. The fourth-order valence-electron chi connectivity index (χ4n) is 0.714. The molecule has 1 heterocycles. The zero-order valence-electron chi connectivity index (χ0n) is 3.18. The molecule has 2 aliphatic rings. The van der Waals surface area contributed by atoms with E-state index in [-0.39, 0.29) is 5.97 Å². The van der Waals surface area contributed by atoms with Gasteiger partial charge < -0.3 is 4.74 Å². The van der Waals surface area contributed by atoms with E-state index in [0.29, 0.717) is 12.0 Å². The van der Waals surface area contributed by atoms with Crippen LogP contribution in [0.3, 0.4) is 0 Å². The normalized spacial score (nSPS) is 49.0. The average molecular weight is 84.1 g/mol. The van der Waals surface area contributed by atoms with Crippen molar-refractivity contribution in [2.75, 3.05) is 0 Å². The van der Waals surface area contributed by atoms with Crippen molar-refractivity contribution in [1.82, 2.24) is 0 Å². The lowest BCUT2D eigenvalue weighted by atomic mass is 10.4. The molecule has 2 nitrogen and oxygen atoms in total. The molecule has 0 N–H and O–H groups in total. The van der Waals surface area contributed by atoms with Crippen molar-refractivity contribution in [3.63, 3.8) is 0 Å². The van der Waals surface area contributed by atoms with Crippen molar-refractivity contribution in [2.24, 2.45) is 5.92 Å². The number of esters is 1. The SMILES string of the molecule is O=C1O[C@@H]2C[C@H]12. The first-order valence-electron chi connectivity index (χ1n) is 2.08. The standard InChI is InChI=1S/C4H4O2/c5-4-2-1-3(2)6-4/h2-3H,1H2/t2-,3+/m0/s1. The second-order valence-electron chi connectivity index (χ2n) is 1.82. The number of hydrogen-bond acceptors (Lipinski definition) is 2. The Kier molecular flexibility index (Phi) is 0.214. The summed E-state index contributed by atoms with van der Waals surface area (Å²) in [4.78, 5) is 10.0. The molecule has 6 heavy (non-hydrogen) atoms. The van der Waals surface area contributed by atoms with Gasteiger partial charge in [-0.25, -0.2) is 0 Å². The fraction of sp³-hybridized carbons (Fsp3) is 0.750. The number of carbonyl (C=O) groups is 1. The topological polar surface area (TPSA) is 26.3 Å². The summed E-state index contributed by atoms with van der Waals surface area (Å²) in [5.41, 5.74) is 0. The van der Waals surface area contributed by atoms with Crippen LogP contribution in [0.5, 0.6) is 0 Å². The quantitative estimate of drug-likeness (QED) is 0.384. The summed E-state index contributed by atoms with van der Waals surface area (Å²) < 4.78 is 4.57.